The Hall–Kier alpha value is -5.66. The zero-order chi connectivity index (χ0) is 44.2. The van der Waals surface area contributed by atoms with Gasteiger partial charge in [-0.05, 0) is 45.4 Å². The number of amides is 6. The lowest BCUT2D eigenvalue weighted by Crippen LogP contribution is -2.63. The molecule has 18 N–H and O–H groups in total. The van der Waals surface area contributed by atoms with E-state index in [1.54, 1.807) is 13.8 Å². The number of aliphatic hydroxyl groups is 3. The Kier molecular flexibility index (Phi) is 23.0. The highest BCUT2D eigenvalue weighted by Gasteiger charge is 2.36. The summed E-state index contributed by atoms with van der Waals surface area (Å²) in [6.07, 6.45) is -5.38. The number of nitrogens with one attached hydrogen (secondary N) is 6. The number of aliphatic carboxylic acids is 3. The zero-order valence-electron chi connectivity index (χ0n) is 32.0. The largest absolute Gasteiger partial charge is 0.481 e. The van der Waals surface area contributed by atoms with Crippen LogP contribution < -0.4 is 49.1 Å². The molecule has 9 atom stereocenters. The first-order valence-electron chi connectivity index (χ1n) is 17.7. The Balaban J connectivity index is 6.09. The van der Waals surface area contributed by atoms with Gasteiger partial charge in [-0.2, -0.15) is 0 Å². The first kappa shape index (κ1) is 51.3. The SMILES string of the molecule is CC(C)C[C@H](NC(=O)[C@@H](NC(=O)[C@H](CO)NC(=O)[C@H](CCCN=C(N)N)NC(=O)[C@@H](N)CC(=O)O)[C@@H](C)O)C(=O)N[C@H](C(=O)N[C@@H](CCC(=O)O)C(=O)O)[C@@H](C)O. The second-order valence-corrected chi connectivity index (χ2v) is 13.4. The van der Waals surface area contributed by atoms with Crippen molar-refractivity contribution in [1.82, 2.24) is 31.9 Å². The van der Waals surface area contributed by atoms with Crippen LogP contribution in [0.1, 0.15) is 66.2 Å². The Morgan fingerprint density at radius 1 is 0.596 bits per heavy atom. The van der Waals surface area contributed by atoms with Crippen LogP contribution in [0.5, 0.6) is 0 Å². The normalized spacial score (nSPS) is 15.7. The molecule has 0 rings (SSSR count). The molecule has 0 saturated heterocycles. The van der Waals surface area contributed by atoms with Crippen LogP contribution in [0.25, 0.3) is 0 Å². The molecule has 25 heteroatoms. The van der Waals surface area contributed by atoms with Crippen LogP contribution in [-0.2, 0) is 43.2 Å². The Bertz CT molecular complexity index is 1450. The third-order valence-corrected chi connectivity index (χ3v) is 7.85. The van der Waals surface area contributed by atoms with Crippen molar-refractivity contribution in [2.45, 2.75) is 121 Å². The van der Waals surface area contributed by atoms with Gasteiger partial charge in [-0.25, -0.2) is 4.79 Å². The lowest BCUT2D eigenvalue weighted by atomic mass is 10.0. The van der Waals surface area contributed by atoms with Crippen LogP contribution in [0.4, 0.5) is 0 Å². The summed E-state index contributed by atoms with van der Waals surface area (Å²) in [7, 11) is 0. The quantitative estimate of drug-likeness (QED) is 0.0208. The van der Waals surface area contributed by atoms with Gasteiger partial charge < -0.3 is 79.7 Å². The molecule has 0 aliphatic rings. The van der Waals surface area contributed by atoms with E-state index < -0.39 is 134 Å². The molecule has 6 amide bonds. The fourth-order valence-corrected chi connectivity index (χ4v) is 4.87. The number of aliphatic imine (C=N–C) groups is 1. The number of nitrogens with zero attached hydrogens (tertiary/aromatic N) is 1. The van der Waals surface area contributed by atoms with Crippen molar-refractivity contribution in [3.63, 3.8) is 0 Å². The number of carbonyl (C=O) groups excluding carboxylic acids is 6. The number of carbonyl (C=O) groups is 9. The molecule has 0 saturated carbocycles. The molecule has 324 valence electrons. The average molecular weight is 821 g/mol. The van der Waals surface area contributed by atoms with E-state index >= 15 is 0 Å². The fraction of sp³-hybridized carbons (Fsp3) is 0.688. The Morgan fingerprint density at radius 2 is 1.05 bits per heavy atom. The predicted molar refractivity (Wildman–Crippen MR) is 196 cm³/mol. The molecule has 0 radical (unpaired) electrons. The summed E-state index contributed by atoms with van der Waals surface area (Å²) in [5, 5.41) is 71.1. The number of guanidine groups is 1. The third kappa shape index (κ3) is 20.2. The topological polar surface area (TPSA) is 438 Å². The summed E-state index contributed by atoms with van der Waals surface area (Å²) >= 11 is 0. The second-order valence-electron chi connectivity index (χ2n) is 13.4. The second kappa shape index (κ2) is 25.5. The van der Waals surface area contributed by atoms with Crippen molar-refractivity contribution in [2.24, 2.45) is 28.1 Å². The third-order valence-electron chi connectivity index (χ3n) is 7.85. The summed E-state index contributed by atoms with van der Waals surface area (Å²) in [6.45, 7) is 4.43. The average Bonchev–Trinajstić information content (AvgIpc) is 3.09. The summed E-state index contributed by atoms with van der Waals surface area (Å²) in [6, 6.07) is -11.6. The van der Waals surface area contributed by atoms with Gasteiger partial charge in [0, 0.05) is 13.0 Å². The lowest BCUT2D eigenvalue weighted by molar-refractivity contribution is -0.144. The molecular formula is C32H56N10O15. The van der Waals surface area contributed by atoms with Crippen molar-refractivity contribution in [3.05, 3.63) is 0 Å². The first-order valence-corrected chi connectivity index (χ1v) is 17.7. The van der Waals surface area contributed by atoms with Crippen molar-refractivity contribution in [2.75, 3.05) is 13.2 Å². The van der Waals surface area contributed by atoms with Crippen molar-refractivity contribution in [3.8, 4) is 0 Å². The highest BCUT2D eigenvalue weighted by molar-refractivity contribution is 5.97. The molecule has 0 bridgehead atoms. The van der Waals surface area contributed by atoms with Crippen LogP contribution in [0.2, 0.25) is 0 Å². The van der Waals surface area contributed by atoms with E-state index in [0.717, 1.165) is 13.8 Å². The van der Waals surface area contributed by atoms with Crippen LogP contribution in [0, 0.1) is 5.92 Å². The van der Waals surface area contributed by atoms with Gasteiger partial charge in [-0.15, -0.1) is 0 Å². The van der Waals surface area contributed by atoms with Gasteiger partial charge in [0.05, 0.1) is 31.3 Å². The number of rotatable bonds is 27. The molecule has 0 aromatic carbocycles. The van der Waals surface area contributed by atoms with E-state index in [-0.39, 0.29) is 37.7 Å². The standard InChI is InChI=1S/C32H56N10O15/c1-13(2)10-19(27(52)41-23(14(3)44)29(54)38-18(31(56)57)7-8-21(46)47)39-30(55)24(15(4)45)42-28(53)20(12-43)40-26(51)17(6-5-9-36-32(34)35)37-25(50)16(33)11-22(48)49/h13-20,23-24,43-45H,5-12,33H2,1-4H3,(H,37,50)(H,38,54)(H,39,55)(H,40,51)(H,41,52)(H,42,53)(H,46,47)(H,48,49)(H,56,57)(H4,34,35,36)/t14-,15-,16+,17+,18+,19+,20+,23+,24+/m1/s1. The molecule has 57 heavy (non-hydrogen) atoms. The molecule has 25 nitrogen and oxygen atoms in total. The number of aliphatic hydroxyl groups excluding tert-OH is 3. The zero-order valence-corrected chi connectivity index (χ0v) is 32.0. The van der Waals surface area contributed by atoms with Gasteiger partial charge in [-0.1, -0.05) is 13.8 Å². The molecule has 0 aromatic rings. The predicted octanol–water partition coefficient (Wildman–Crippen LogP) is -6.50. The number of carboxylic acids is 3. The molecular weight excluding hydrogens is 764 g/mol. The van der Waals surface area contributed by atoms with Crippen LogP contribution >= 0.6 is 0 Å². The van der Waals surface area contributed by atoms with Crippen LogP contribution in [0.3, 0.4) is 0 Å². The van der Waals surface area contributed by atoms with Gasteiger partial charge in [0.25, 0.3) is 0 Å². The van der Waals surface area contributed by atoms with Gasteiger partial charge >= 0.3 is 17.9 Å². The fourth-order valence-electron chi connectivity index (χ4n) is 4.87. The molecule has 0 aliphatic heterocycles. The minimum atomic E-state index is -1.84. The molecule has 0 unspecified atom stereocenters. The molecule has 0 aliphatic carbocycles. The van der Waals surface area contributed by atoms with E-state index in [0.29, 0.717) is 0 Å². The molecule has 0 aromatic heterocycles. The van der Waals surface area contributed by atoms with Gasteiger partial charge in [0.15, 0.2) is 5.96 Å². The maximum Gasteiger partial charge on any atom is 0.326 e. The van der Waals surface area contributed by atoms with Crippen molar-refractivity contribution < 1.29 is 73.8 Å². The van der Waals surface area contributed by atoms with Gasteiger partial charge in [0.2, 0.25) is 35.4 Å². The summed E-state index contributed by atoms with van der Waals surface area (Å²) in [4.78, 5) is 116. The Labute approximate surface area is 326 Å². The maximum absolute atomic E-state index is 13.4. The lowest BCUT2D eigenvalue weighted by Gasteiger charge is -2.29. The van der Waals surface area contributed by atoms with E-state index in [1.807, 2.05) is 0 Å². The van der Waals surface area contributed by atoms with E-state index in [2.05, 4.69) is 36.9 Å². The van der Waals surface area contributed by atoms with Crippen molar-refractivity contribution in [1.29, 1.82) is 0 Å². The van der Waals surface area contributed by atoms with E-state index in [9.17, 15) is 63.6 Å². The summed E-state index contributed by atoms with van der Waals surface area (Å²) < 4.78 is 0. The minimum Gasteiger partial charge on any atom is -0.481 e. The monoisotopic (exact) mass is 820 g/mol. The maximum atomic E-state index is 13.4. The smallest absolute Gasteiger partial charge is 0.326 e. The van der Waals surface area contributed by atoms with Gasteiger partial charge in [-0.3, -0.25) is 43.3 Å². The first-order chi connectivity index (χ1) is 26.4. The van der Waals surface area contributed by atoms with Crippen LogP contribution in [-0.4, -0.2) is 158 Å². The van der Waals surface area contributed by atoms with Crippen LogP contribution in [0.15, 0.2) is 4.99 Å². The number of hydrogen-bond acceptors (Lipinski definition) is 14. The number of nitrogens with two attached hydrogens (primary N) is 3. The molecule has 0 fully saturated rings. The minimum absolute atomic E-state index is 0.000743. The Morgan fingerprint density at radius 3 is 1.47 bits per heavy atom. The molecule has 0 spiro atoms. The number of hydrogen-bond donors (Lipinski definition) is 15. The highest BCUT2D eigenvalue weighted by atomic mass is 16.4. The van der Waals surface area contributed by atoms with Gasteiger partial charge in [0.1, 0.15) is 36.3 Å². The number of carboxylic acid groups (broad SMARTS) is 3. The van der Waals surface area contributed by atoms with Crippen molar-refractivity contribution >= 4 is 59.3 Å². The summed E-state index contributed by atoms with van der Waals surface area (Å²) in [5.41, 5.74) is 16.2. The van der Waals surface area contributed by atoms with E-state index in [1.165, 1.54) is 0 Å². The molecule has 0 heterocycles. The summed E-state index contributed by atoms with van der Waals surface area (Å²) in [5.74, 6) is -11.6. The highest BCUT2D eigenvalue weighted by Crippen LogP contribution is 2.09. The van der Waals surface area contributed by atoms with E-state index in [4.69, 9.17) is 27.4 Å².